The van der Waals surface area contributed by atoms with E-state index in [0.29, 0.717) is 17.4 Å². The number of hydrogen-bond acceptors (Lipinski definition) is 5. The summed E-state index contributed by atoms with van der Waals surface area (Å²) in [5.41, 5.74) is 2.06. The second-order valence-corrected chi connectivity index (χ2v) is 5.96. The van der Waals surface area contributed by atoms with Crippen LogP contribution in [0.15, 0.2) is 54.6 Å². The average Bonchev–Trinajstić information content (AvgIpc) is 2.62. The van der Waals surface area contributed by atoms with Gasteiger partial charge in [-0.2, -0.15) is 0 Å². The standard InChI is InChI=1S/C19H19ClN4O/c1-13-22-18(21-12-14-3-9-17(25-2)10-4-14)11-19(23-13)24-16-7-5-15(20)6-8-16/h3-11H,12H2,1-2H3,(H2,21,22,23,24). The van der Waals surface area contributed by atoms with E-state index in [1.807, 2.05) is 61.5 Å². The Morgan fingerprint density at radius 1 is 0.960 bits per heavy atom. The average molecular weight is 355 g/mol. The van der Waals surface area contributed by atoms with Gasteiger partial charge in [-0.25, -0.2) is 9.97 Å². The molecule has 0 aliphatic carbocycles. The molecule has 0 fully saturated rings. The zero-order valence-corrected chi connectivity index (χ0v) is 14.8. The van der Waals surface area contributed by atoms with Crippen LogP contribution in [0.5, 0.6) is 5.75 Å². The quantitative estimate of drug-likeness (QED) is 0.665. The third-order valence-corrected chi connectivity index (χ3v) is 3.84. The van der Waals surface area contributed by atoms with E-state index in [9.17, 15) is 0 Å². The number of halogens is 1. The Hall–Kier alpha value is -2.79. The van der Waals surface area contributed by atoms with Crippen LogP contribution in [0.4, 0.5) is 17.3 Å². The first-order valence-electron chi connectivity index (χ1n) is 7.87. The van der Waals surface area contributed by atoms with Crippen molar-refractivity contribution >= 4 is 28.9 Å². The van der Waals surface area contributed by atoms with Crippen molar-refractivity contribution < 1.29 is 4.74 Å². The van der Waals surface area contributed by atoms with Gasteiger partial charge in [-0.15, -0.1) is 0 Å². The summed E-state index contributed by atoms with van der Waals surface area (Å²) in [5.74, 6) is 3.03. The molecule has 0 aliphatic heterocycles. The van der Waals surface area contributed by atoms with E-state index in [-0.39, 0.29) is 0 Å². The summed E-state index contributed by atoms with van der Waals surface area (Å²) in [4.78, 5) is 8.85. The van der Waals surface area contributed by atoms with Gasteiger partial charge in [0.25, 0.3) is 0 Å². The number of nitrogens with one attached hydrogen (secondary N) is 2. The molecule has 1 aromatic heterocycles. The van der Waals surface area contributed by atoms with Gasteiger partial charge < -0.3 is 15.4 Å². The molecule has 2 N–H and O–H groups in total. The summed E-state index contributed by atoms with van der Waals surface area (Å²) >= 11 is 5.91. The molecule has 0 saturated carbocycles. The topological polar surface area (TPSA) is 59.1 Å². The lowest BCUT2D eigenvalue weighted by Gasteiger charge is -2.11. The van der Waals surface area contributed by atoms with Gasteiger partial charge in [0.1, 0.15) is 23.2 Å². The van der Waals surface area contributed by atoms with Crippen LogP contribution in [0.1, 0.15) is 11.4 Å². The Bertz CT molecular complexity index is 835. The molecule has 128 valence electrons. The van der Waals surface area contributed by atoms with Crippen LogP contribution in [0.3, 0.4) is 0 Å². The largest absolute Gasteiger partial charge is 0.497 e. The number of methoxy groups -OCH3 is 1. The fourth-order valence-corrected chi connectivity index (χ4v) is 2.47. The van der Waals surface area contributed by atoms with Crippen molar-refractivity contribution in [1.29, 1.82) is 0 Å². The summed E-state index contributed by atoms with van der Waals surface area (Å²) in [6.07, 6.45) is 0. The van der Waals surface area contributed by atoms with E-state index < -0.39 is 0 Å². The Kier molecular flexibility index (Phi) is 5.36. The van der Waals surface area contributed by atoms with Crippen LogP contribution < -0.4 is 15.4 Å². The monoisotopic (exact) mass is 354 g/mol. The SMILES string of the molecule is COc1ccc(CNc2cc(Nc3ccc(Cl)cc3)nc(C)n2)cc1. The lowest BCUT2D eigenvalue weighted by atomic mass is 10.2. The molecule has 0 atom stereocenters. The second-order valence-electron chi connectivity index (χ2n) is 5.52. The van der Waals surface area contributed by atoms with Gasteiger partial charge >= 0.3 is 0 Å². The highest BCUT2D eigenvalue weighted by Crippen LogP contribution is 2.20. The Labute approximate surface area is 152 Å². The van der Waals surface area contributed by atoms with E-state index in [0.717, 1.165) is 28.6 Å². The zero-order valence-electron chi connectivity index (χ0n) is 14.1. The molecular formula is C19H19ClN4O. The Morgan fingerprint density at radius 3 is 2.32 bits per heavy atom. The lowest BCUT2D eigenvalue weighted by molar-refractivity contribution is 0.414. The molecule has 5 nitrogen and oxygen atoms in total. The van der Waals surface area contributed by atoms with Crippen LogP contribution in [0.25, 0.3) is 0 Å². The highest BCUT2D eigenvalue weighted by molar-refractivity contribution is 6.30. The van der Waals surface area contributed by atoms with Gasteiger partial charge in [-0.1, -0.05) is 23.7 Å². The van der Waals surface area contributed by atoms with Crippen molar-refractivity contribution in [3.63, 3.8) is 0 Å². The molecule has 0 bridgehead atoms. The molecule has 1 heterocycles. The first-order chi connectivity index (χ1) is 12.1. The van der Waals surface area contributed by atoms with E-state index in [4.69, 9.17) is 16.3 Å². The van der Waals surface area contributed by atoms with Gasteiger partial charge in [-0.05, 0) is 48.9 Å². The molecule has 6 heteroatoms. The van der Waals surface area contributed by atoms with E-state index in [1.54, 1.807) is 7.11 Å². The predicted molar refractivity (Wildman–Crippen MR) is 102 cm³/mol. The molecule has 0 saturated heterocycles. The zero-order chi connectivity index (χ0) is 17.6. The number of benzene rings is 2. The summed E-state index contributed by atoms with van der Waals surface area (Å²) in [5, 5.41) is 7.28. The fraction of sp³-hybridized carbons (Fsp3) is 0.158. The fourth-order valence-electron chi connectivity index (χ4n) is 2.34. The minimum absolute atomic E-state index is 0.667. The number of ether oxygens (including phenoxy) is 1. The minimum atomic E-state index is 0.667. The van der Waals surface area contributed by atoms with E-state index in [1.165, 1.54) is 0 Å². The number of aryl methyl sites for hydroxylation is 1. The summed E-state index contributed by atoms with van der Waals surface area (Å²) in [7, 11) is 1.66. The molecule has 0 aliphatic rings. The lowest BCUT2D eigenvalue weighted by Crippen LogP contribution is -2.05. The number of anilines is 3. The van der Waals surface area contributed by atoms with Gasteiger partial charge in [0.15, 0.2) is 0 Å². The molecule has 3 aromatic rings. The normalized spacial score (nSPS) is 10.4. The predicted octanol–water partition coefficient (Wildman–Crippen LogP) is 4.80. The highest BCUT2D eigenvalue weighted by Gasteiger charge is 2.03. The van der Waals surface area contributed by atoms with E-state index in [2.05, 4.69) is 20.6 Å². The van der Waals surface area contributed by atoms with Crippen molar-refractivity contribution in [2.24, 2.45) is 0 Å². The third-order valence-electron chi connectivity index (χ3n) is 3.59. The molecular weight excluding hydrogens is 336 g/mol. The smallest absolute Gasteiger partial charge is 0.136 e. The van der Waals surface area contributed by atoms with Crippen molar-refractivity contribution in [2.75, 3.05) is 17.7 Å². The van der Waals surface area contributed by atoms with Gasteiger partial charge in [0, 0.05) is 23.3 Å². The first kappa shape index (κ1) is 17.0. The van der Waals surface area contributed by atoms with E-state index >= 15 is 0 Å². The third kappa shape index (κ3) is 4.84. The maximum Gasteiger partial charge on any atom is 0.136 e. The van der Waals surface area contributed by atoms with Crippen LogP contribution >= 0.6 is 11.6 Å². The Balaban J connectivity index is 1.69. The van der Waals surface area contributed by atoms with Crippen molar-refractivity contribution in [2.45, 2.75) is 13.5 Å². The van der Waals surface area contributed by atoms with Gasteiger partial charge in [0.2, 0.25) is 0 Å². The molecule has 2 aromatic carbocycles. The number of aromatic nitrogens is 2. The van der Waals surface area contributed by atoms with Gasteiger partial charge in [-0.3, -0.25) is 0 Å². The van der Waals surface area contributed by atoms with Crippen LogP contribution in [0, 0.1) is 6.92 Å². The first-order valence-corrected chi connectivity index (χ1v) is 8.25. The summed E-state index contributed by atoms with van der Waals surface area (Å²) < 4.78 is 5.17. The van der Waals surface area contributed by atoms with Gasteiger partial charge in [0.05, 0.1) is 7.11 Å². The Morgan fingerprint density at radius 2 is 1.64 bits per heavy atom. The molecule has 0 amide bonds. The summed E-state index contributed by atoms with van der Waals surface area (Å²) in [6.45, 7) is 2.53. The molecule has 0 spiro atoms. The number of rotatable bonds is 6. The minimum Gasteiger partial charge on any atom is -0.497 e. The van der Waals surface area contributed by atoms with Crippen molar-refractivity contribution in [3.8, 4) is 5.75 Å². The summed E-state index contributed by atoms with van der Waals surface area (Å²) in [6, 6.07) is 17.3. The van der Waals surface area contributed by atoms with Crippen molar-refractivity contribution in [3.05, 3.63) is 71.0 Å². The van der Waals surface area contributed by atoms with Crippen LogP contribution in [-0.2, 0) is 6.54 Å². The highest BCUT2D eigenvalue weighted by atomic mass is 35.5. The maximum atomic E-state index is 5.91. The van der Waals surface area contributed by atoms with Crippen molar-refractivity contribution in [1.82, 2.24) is 9.97 Å². The molecule has 3 rings (SSSR count). The molecule has 0 radical (unpaired) electrons. The number of nitrogens with zero attached hydrogens (tertiary/aromatic N) is 2. The second kappa shape index (κ2) is 7.85. The number of hydrogen-bond donors (Lipinski definition) is 2. The maximum absolute atomic E-state index is 5.91. The van der Waals surface area contributed by atoms with Crippen LogP contribution in [-0.4, -0.2) is 17.1 Å². The van der Waals surface area contributed by atoms with Crippen LogP contribution in [0.2, 0.25) is 5.02 Å². The molecule has 0 unspecified atom stereocenters. The molecule has 25 heavy (non-hydrogen) atoms.